The lowest BCUT2D eigenvalue weighted by Crippen LogP contribution is -2.07. The molecule has 1 rings (SSSR count). The van der Waals surface area contributed by atoms with E-state index in [2.05, 4.69) is 4.74 Å². The molecule has 0 bridgehead atoms. The molecule has 2 N–H and O–H groups in total. The molecule has 98 valence electrons. The first-order valence-corrected chi connectivity index (χ1v) is 4.93. The Bertz CT molecular complexity index is 459. The van der Waals surface area contributed by atoms with Gasteiger partial charge in [-0.1, -0.05) is 6.07 Å². The van der Waals surface area contributed by atoms with Gasteiger partial charge in [-0.05, 0) is 24.1 Å². The van der Waals surface area contributed by atoms with Crippen LogP contribution in [0.15, 0.2) is 18.2 Å². The summed E-state index contributed by atoms with van der Waals surface area (Å²) in [5.41, 5.74) is 0.0208. The minimum Gasteiger partial charge on any atom is -0.481 e. The molecule has 1 aromatic rings. The fraction of sp³-hybridized carbons (Fsp3) is 0.273. The van der Waals surface area contributed by atoms with Crippen LogP contribution >= 0.6 is 0 Å². The van der Waals surface area contributed by atoms with Gasteiger partial charge in [0.2, 0.25) is 0 Å². The Hall–Kier alpha value is -2.18. The van der Waals surface area contributed by atoms with Crippen LogP contribution in [-0.2, 0) is 11.2 Å². The predicted molar refractivity (Wildman–Crippen MR) is 56.0 cm³/mol. The van der Waals surface area contributed by atoms with Gasteiger partial charge in [-0.3, -0.25) is 4.79 Å². The number of rotatable bonds is 6. The van der Waals surface area contributed by atoms with Crippen molar-refractivity contribution in [1.82, 2.24) is 0 Å². The summed E-state index contributed by atoms with van der Waals surface area (Å²) in [5.74, 6) is -2.68. The molecule has 0 spiro atoms. The SMILES string of the molecule is O=C(O)CCc1ccc(C(=O)O)cc1OC(F)F. The van der Waals surface area contributed by atoms with Crippen LogP contribution in [0.3, 0.4) is 0 Å². The second kappa shape index (κ2) is 5.95. The van der Waals surface area contributed by atoms with Crippen molar-refractivity contribution >= 4 is 11.9 Å². The van der Waals surface area contributed by atoms with Crippen LogP contribution in [0.4, 0.5) is 8.78 Å². The molecule has 0 aliphatic rings. The highest BCUT2D eigenvalue weighted by atomic mass is 19.3. The number of aliphatic carboxylic acids is 1. The number of ether oxygens (including phenoxy) is 1. The molecule has 0 saturated carbocycles. The minimum atomic E-state index is -3.10. The first-order chi connectivity index (χ1) is 8.40. The van der Waals surface area contributed by atoms with E-state index < -0.39 is 18.6 Å². The van der Waals surface area contributed by atoms with Crippen molar-refractivity contribution in [2.24, 2.45) is 0 Å². The van der Waals surface area contributed by atoms with Crippen molar-refractivity contribution < 1.29 is 33.3 Å². The molecule has 0 atom stereocenters. The van der Waals surface area contributed by atoms with Gasteiger partial charge in [0.1, 0.15) is 5.75 Å². The third-order valence-electron chi connectivity index (χ3n) is 2.14. The zero-order chi connectivity index (χ0) is 13.7. The van der Waals surface area contributed by atoms with Gasteiger partial charge >= 0.3 is 18.6 Å². The van der Waals surface area contributed by atoms with Gasteiger partial charge < -0.3 is 14.9 Å². The Labute approximate surface area is 101 Å². The largest absolute Gasteiger partial charge is 0.481 e. The van der Waals surface area contributed by atoms with Crippen molar-refractivity contribution in [2.75, 3.05) is 0 Å². The average molecular weight is 260 g/mol. The van der Waals surface area contributed by atoms with Crippen LogP contribution in [0, 0.1) is 0 Å². The van der Waals surface area contributed by atoms with Gasteiger partial charge in [0, 0.05) is 6.42 Å². The van der Waals surface area contributed by atoms with Crippen LogP contribution in [0.5, 0.6) is 5.75 Å². The normalized spacial score (nSPS) is 10.4. The van der Waals surface area contributed by atoms with Crippen molar-refractivity contribution in [3.8, 4) is 5.75 Å². The first-order valence-electron chi connectivity index (χ1n) is 4.93. The molecule has 1 aromatic carbocycles. The number of halogens is 2. The second-order valence-corrected chi connectivity index (χ2v) is 3.40. The number of carbonyl (C=O) groups is 2. The lowest BCUT2D eigenvalue weighted by Gasteiger charge is -2.10. The predicted octanol–water partition coefficient (Wildman–Crippen LogP) is 2.00. The highest BCUT2D eigenvalue weighted by molar-refractivity contribution is 5.88. The molecule has 0 fully saturated rings. The summed E-state index contributed by atoms with van der Waals surface area (Å²) in [4.78, 5) is 21.1. The van der Waals surface area contributed by atoms with E-state index in [1.165, 1.54) is 12.1 Å². The number of alkyl halides is 2. The van der Waals surface area contributed by atoms with E-state index in [0.29, 0.717) is 0 Å². The molecule has 7 heteroatoms. The molecule has 0 aromatic heterocycles. The summed E-state index contributed by atoms with van der Waals surface area (Å²) >= 11 is 0. The monoisotopic (exact) mass is 260 g/mol. The molecule has 0 saturated heterocycles. The smallest absolute Gasteiger partial charge is 0.387 e. The van der Waals surface area contributed by atoms with Gasteiger partial charge in [0.25, 0.3) is 0 Å². The Morgan fingerprint density at radius 2 is 1.94 bits per heavy atom. The summed E-state index contributed by atoms with van der Waals surface area (Å²) in [6, 6.07) is 3.42. The van der Waals surface area contributed by atoms with Crippen LogP contribution in [0.1, 0.15) is 22.3 Å². The quantitative estimate of drug-likeness (QED) is 0.817. The molecular formula is C11H10F2O5. The Kier molecular flexibility index (Phi) is 4.59. The zero-order valence-electron chi connectivity index (χ0n) is 9.10. The standard InChI is InChI=1S/C11H10F2O5/c12-11(13)18-8-5-7(10(16)17)2-1-6(8)3-4-9(14)15/h1-2,5,11H,3-4H2,(H,14,15)(H,16,17). The van der Waals surface area contributed by atoms with Crippen molar-refractivity contribution in [3.05, 3.63) is 29.3 Å². The topological polar surface area (TPSA) is 83.8 Å². The third kappa shape index (κ3) is 4.00. The molecule has 18 heavy (non-hydrogen) atoms. The maximum atomic E-state index is 12.1. The van der Waals surface area contributed by atoms with E-state index in [1.807, 2.05) is 0 Å². The van der Waals surface area contributed by atoms with Crippen molar-refractivity contribution in [3.63, 3.8) is 0 Å². The number of aryl methyl sites for hydroxylation is 1. The Morgan fingerprint density at radius 3 is 2.44 bits per heavy atom. The maximum absolute atomic E-state index is 12.1. The highest BCUT2D eigenvalue weighted by Gasteiger charge is 2.14. The van der Waals surface area contributed by atoms with Crippen LogP contribution in [0.2, 0.25) is 0 Å². The summed E-state index contributed by atoms with van der Waals surface area (Å²) in [7, 11) is 0. The summed E-state index contributed by atoms with van der Waals surface area (Å²) in [5, 5.41) is 17.2. The van der Waals surface area contributed by atoms with Crippen molar-refractivity contribution in [2.45, 2.75) is 19.5 Å². The average Bonchev–Trinajstić information content (AvgIpc) is 2.26. The summed E-state index contributed by atoms with van der Waals surface area (Å²) < 4.78 is 28.5. The second-order valence-electron chi connectivity index (χ2n) is 3.40. The molecule has 0 amide bonds. The number of hydrogen-bond acceptors (Lipinski definition) is 3. The molecule has 0 aliphatic heterocycles. The van der Waals surface area contributed by atoms with Crippen LogP contribution < -0.4 is 4.74 Å². The first kappa shape index (κ1) is 13.9. The molecule has 5 nitrogen and oxygen atoms in total. The maximum Gasteiger partial charge on any atom is 0.387 e. The van der Waals surface area contributed by atoms with Gasteiger partial charge in [-0.2, -0.15) is 8.78 Å². The lowest BCUT2D eigenvalue weighted by atomic mass is 10.1. The van der Waals surface area contributed by atoms with E-state index in [9.17, 15) is 18.4 Å². The number of carboxylic acid groups (broad SMARTS) is 2. The van der Waals surface area contributed by atoms with Crippen LogP contribution in [0.25, 0.3) is 0 Å². The Balaban J connectivity index is 3.00. The number of carboxylic acids is 2. The molecule has 0 heterocycles. The molecular weight excluding hydrogens is 250 g/mol. The summed E-state index contributed by atoms with van der Waals surface area (Å²) in [6.07, 6.45) is -0.275. The van der Waals surface area contributed by atoms with Crippen LogP contribution in [-0.4, -0.2) is 28.8 Å². The lowest BCUT2D eigenvalue weighted by molar-refractivity contribution is -0.136. The molecule has 0 radical (unpaired) electrons. The zero-order valence-corrected chi connectivity index (χ0v) is 9.10. The fourth-order valence-corrected chi connectivity index (χ4v) is 1.34. The van der Waals surface area contributed by atoms with Gasteiger partial charge in [-0.25, -0.2) is 4.79 Å². The molecule has 0 aliphatic carbocycles. The van der Waals surface area contributed by atoms with E-state index in [-0.39, 0.29) is 29.7 Å². The van der Waals surface area contributed by atoms with E-state index in [0.717, 1.165) is 6.07 Å². The molecule has 0 unspecified atom stereocenters. The Morgan fingerprint density at radius 1 is 1.28 bits per heavy atom. The summed E-state index contributed by atoms with van der Waals surface area (Å²) in [6.45, 7) is -3.10. The van der Waals surface area contributed by atoms with E-state index >= 15 is 0 Å². The fourth-order valence-electron chi connectivity index (χ4n) is 1.34. The van der Waals surface area contributed by atoms with Gasteiger partial charge in [0.05, 0.1) is 5.56 Å². The number of hydrogen-bond donors (Lipinski definition) is 2. The van der Waals surface area contributed by atoms with E-state index in [4.69, 9.17) is 10.2 Å². The van der Waals surface area contributed by atoms with E-state index in [1.54, 1.807) is 0 Å². The van der Waals surface area contributed by atoms with Gasteiger partial charge in [0.15, 0.2) is 0 Å². The van der Waals surface area contributed by atoms with Crippen molar-refractivity contribution in [1.29, 1.82) is 0 Å². The third-order valence-corrected chi connectivity index (χ3v) is 2.14. The number of benzene rings is 1. The highest BCUT2D eigenvalue weighted by Crippen LogP contribution is 2.24. The minimum absolute atomic E-state index is 0.0166. The number of aromatic carboxylic acids is 1. The van der Waals surface area contributed by atoms with Gasteiger partial charge in [-0.15, -0.1) is 0 Å².